The molecule has 4 heterocycles. The van der Waals surface area contributed by atoms with Crippen molar-refractivity contribution in [2.75, 3.05) is 33.3 Å². The van der Waals surface area contributed by atoms with E-state index in [0.717, 1.165) is 6.42 Å². The highest BCUT2D eigenvalue weighted by atomic mass is 16.5. The van der Waals surface area contributed by atoms with Crippen LogP contribution in [0.5, 0.6) is 0 Å². The van der Waals surface area contributed by atoms with Crippen LogP contribution in [-0.2, 0) is 19.1 Å². The first kappa shape index (κ1) is 25.9. The number of ether oxygens (including phenoxy) is 1. The van der Waals surface area contributed by atoms with Crippen molar-refractivity contribution in [1.29, 1.82) is 0 Å². The molecule has 0 aromatic heterocycles. The second kappa shape index (κ2) is 9.04. The fraction of sp³-hybridized carbons (Fsp3) is 0.741. The summed E-state index contributed by atoms with van der Waals surface area (Å²) in [5.41, 5.74) is -1.62. The van der Waals surface area contributed by atoms with Gasteiger partial charge in [0.25, 0.3) is 0 Å². The van der Waals surface area contributed by atoms with E-state index in [-0.39, 0.29) is 29.7 Å². The van der Waals surface area contributed by atoms with Crippen LogP contribution in [0.15, 0.2) is 24.3 Å². The fourth-order valence-electron chi connectivity index (χ4n) is 6.84. The van der Waals surface area contributed by atoms with Crippen molar-refractivity contribution in [3.05, 3.63) is 24.3 Å². The van der Waals surface area contributed by atoms with Gasteiger partial charge in [0.2, 0.25) is 17.7 Å². The van der Waals surface area contributed by atoms with Crippen molar-refractivity contribution in [1.82, 2.24) is 14.7 Å². The molecule has 2 fully saturated rings. The third-order valence-electron chi connectivity index (χ3n) is 7.86. The van der Waals surface area contributed by atoms with Gasteiger partial charge in [-0.25, -0.2) is 0 Å². The Morgan fingerprint density at radius 3 is 2.40 bits per heavy atom. The molecular weight excluding hydrogens is 446 g/mol. The van der Waals surface area contributed by atoms with E-state index in [1.165, 1.54) is 0 Å². The molecule has 8 nitrogen and oxygen atoms in total. The number of amides is 3. The third kappa shape index (κ3) is 4.33. The molecule has 0 aromatic rings. The normalized spacial score (nSPS) is 33.1. The molecule has 3 amide bonds. The summed E-state index contributed by atoms with van der Waals surface area (Å²) in [7, 11) is 1.74. The maximum absolute atomic E-state index is 14.4. The zero-order valence-corrected chi connectivity index (χ0v) is 22.0. The predicted molar refractivity (Wildman–Crippen MR) is 132 cm³/mol. The molecule has 0 radical (unpaired) electrons. The number of nitrogens with zero attached hydrogens (tertiary/aromatic N) is 3. The van der Waals surface area contributed by atoms with Crippen molar-refractivity contribution in [3.8, 4) is 0 Å². The van der Waals surface area contributed by atoms with Gasteiger partial charge < -0.3 is 24.5 Å². The van der Waals surface area contributed by atoms with Gasteiger partial charge in [0.05, 0.1) is 17.9 Å². The number of aliphatic hydroxyl groups excluding tert-OH is 1. The highest BCUT2D eigenvalue weighted by Crippen LogP contribution is 2.54. The van der Waals surface area contributed by atoms with Crippen LogP contribution in [0, 0.1) is 17.3 Å². The van der Waals surface area contributed by atoms with Crippen molar-refractivity contribution in [3.63, 3.8) is 0 Å². The van der Waals surface area contributed by atoms with E-state index in [1.54, 1.807) is 16.8 Å². The van der Waals surface area contributed by atoms with Crippen molar-refractivity contribution in [2.24, 2.45) is 17.3 Å². The van der Waals surface area contributed by atoms with Crippen LogP contribution < -0.4 is 0 Å². The lowest BCUT2D eigenvalue weighted by Crippen LogP contribution is -2.60. The summed E-state index contributed by atoms with van der Waals surface area (Å²) in [5, 5.41) is 9.33. The van der Waals surface area contributed by atoms with Crippen LogP contribution in [0.4, 0.5) is 0 Å². The molecule has 1 unspecified atom stereocenters. The molecule has 4 aliphatic heterocycles. The summed E-state index contributed by atoms with van der Waals surface area (Å²) in [4.78, 5) is 46.9. The fourth-order valence-corrected chi connectivity index (χ4v) is 6.84. The van der Waals surface area contributed by atoms with Gasteiger partial charge in [-0.3, -0.25) is 14.4 Å². The Balaban J connectivity index is 1.78. The number of unbranched alkanes of at least 4 members (excludes halogenated alkanes) is 1. The molecule has 2 saturated heterocycles. The molecule has 0 aliphatic carbocycles. The first-order valence-electron chi connectivity index (χ1n) is 12.8. The Bertz CT molecular complexity index is 936. The van der Waals surface area contributed by atoms with Gasteiger partial charge in [0.15, 0.2) is 0 Å². The second-order valence-corrected chi connectivity index (χ2v) is 12.4. The molecule has 194 valence electrons. The van der Waals surface area contributed by atoms with E-state index in [0.29, 0.717) is 32.5 Å². The van der Waals surface area contributed by atoms with E-state index in [2.05, 4.69) is 34.6 Å². The molecule has 8 heteroatoms. The van der Waals surface area contributed by atoms with Crippen molar-refractivity contribution < 1.29 is 24.2 Å². The monoisotopic (exact) mass is 487 g/mol. The second-order valence-electron chi connectivity index (χ2n) is 12.4. The first-order chi connectivity index (χ1) is 16.3. The molecule has 0 bridgehead atoms. The van der Waals surface area contributed by atoms with E-state index >= 15 is 0 Å². The standard InChI is InChI=1S/C27H41N3O5/c1-25(2,3)17-26(4,5)30-15-10-12-27-20(19-18(35-27)11-9-13-28(6)22(19)32)23(33)29(14-7-8-16-31)21(27)24(30)34/h9-12,18-21,31H,7-8,13-17H2,1-6H3/t18-,19+,20-,21?,27-/m0/s1. The van der Waals surface area contributed by atoms with E-state index in [9.17, 15) is 19.5 Å². The van der Waals surface area contributed by atoms with Gasteiger partial charge >= 0.3 is 0 Å². The summed E-state index contributed by atoms with van der Waals surface area (Å²) in [6.07, 6.45) is 8.98. The number of aliphatic hydroxyl groups is 1. The van der Waals surface area contributed by atoms with Crippen LogP contribution in [-0.4, -0.2) is 94.1 Å². The van der Waals surface area contributed by atoms with E-state index in [4.69, 9.17) is 4.74 Å². The third-order valence-corrected chi connectivity index (χ3v) is 7.86. The minimum atomic E-state index is -1.19. The Hall–Kier alpha value is -2.19. The highest BCUT2D eigenvalue weighted by Gasteiger charge is 2.72. The lowest BCUT2D eigenvalue weighted by molar-refractivity contribution is -0.152. The first-order valence-corrected chi connectivity index (χ1v) is 12.8. The number of likely N-dealkylation sites (N-methyl/N-ethyl adjacent to an activating group) is 1. The predicted octanol–water partition coefficient (Wildman–Crippen LogP) is 1.98. The van der Waals surface area contributed by atoms with E-state index < -0.39 is 35.1 Å². The lowest BCUT2D eigenvalue weighted by Gasteiger charge is -2.44. The number of hydrogen-bond donors (Lipinski definition) is 1. The summed E-state index contributed by atoms with van der Waals surface area (Å²) >= 11 is 0. The topological polar surface area (TPSA) is 90.4 Å². The number of likely N-dealkylation sites (tertiary alicyclic amines) is 1. The molecule has 1 N–H and O–H groups in total. The van der Waals surface area contributed by atoms with Gasteiger partial charge in [-0.15, -0.1) is 0 Å². The Kier molecular flexibility index (Phi) is 6.68. The molecule has 5 atom stereocenters. The van der Waals surface area contributed by atoms with Gasteiger partial charge in [0.1, 0.15) is 11.6 Å². The van der Waals surface area contributed by atoms with Crippen LogP contribution in [0.25, 0.3) is 0 Å². The summed E-state index contributed by atoms with van der Waals surface area (Å²) in [6.45, 7) is 11.9. The zero-order chi connectivity index (χ0) is 25.8. The highest BCUT2D eigenvalue weighted by molar-refractivity contribution is 6.00. The molecule has 4 rings (SSSR count). The lowest BCUT2D eigenvalue weighted by atomic mass is 9.77. The van der Waals surface area contributed by atoms with E-state index in [1.807, 2.05) is 29.2 Å². The van der Waals surface area contributed by atoms with Gasteiger partial charge in [-0.1, -0.05) is 45.1 Å². The largest absolute Gasteiger partial charge is 0.396 e. The Morgan fingerprint density at radius 2 is 1.74 bits per heavy atom. The molecular formula is C27H41N3O5. The maximum atomic E-state index is 14.4. The molecule has 1 spiro atoms. The van der Waals surface area contributed by atoms with Crippen LogP contribution >= 0.6 is 0 Å². The summed E-state index contributed by atoms with van der Waals surface area (Å²) in [5.74, 6) is -1.88. The molecule has 35 heavy (non-hydrogen) atoms. The van der Waals surface area contributed by atoms with Gasteiger partial charge in [0, 0.05) is 38.8 Å². The SMILES string of the molecule is CN1CC=C[C@@H]2O[C@]34C=CCN(C(C)(C)CC(C)(C)C)C(=O)C3N(CCCCO)C(=O)[C@@H]4[C@@H]2C1=O. The van der Waals surface area contributed by atoms with Crippen LogP contribution in [0.1, 0.15) is 53.9 Å². The average Bonchev–Trinajstić information content (AvgIpc) is 3.05. The molecule has 0 saturated carbocycles. The number of hydrogen-bond acceptors (Lipinski definition) is 5. The number of fused-ring (bicyclic) bond motifs is 2. The Morgan fingerprint density at radius 1 is 1.03 bits per heavy atom. The van der Waals surface area contributed by atoms with Gasteiger partial charge in [-0.2, -0.15) is 0 Å². The number of rotatable bonds is 6. The smallest absolute Gasteiger partial charge is 0.249 e. The van der Waals surface area contributed by atoms with Crippen LogP contribution in [0.2, 0.25) is 0 Å². The zero-order valence-electron chi connectivity index (χ0n) is 22.0. The quantitative estimate of drug-likeness (QED) is 0.457. The maximum Gasteiger partial charge on any atom is 0.249 e. The van der Waals surface area contributed by atoms with Crippen molar-refractivity contribution in [2.45, 2.75) is 77.2 Å². The number of carbonyl (C=O) groups excluding carboxylic acids is 3. The van der Waals surface area contributed by atoms with Gasteiger partial charge in [-0.05, 0) is 38.5 Å². The molecule has 4 aliphatic rings. The van der Waals surface area contributed by atoms with Crippen molar-refractivity contribution >= 4 is 17.7 Å². The van der Waals surface area contributed by atoms with Crippen LogP contribution in [0.3, 0.4) is 0 Å². The summed E-state index contributed by atoms with van der Waals surface area (Å²) in [6, 6.07) is -0.838. The Labute approximate surface area is 208 Å². The minimum absolute atomic E-state index is 0.00514. The number of carbonyl (C=O) groups is 3. The minimum Gasteiger partial charge on any atom is -0.396 e. The average molecular weight is 488 g/mol. The summed E-state index contributed by atoms with van der Waals surface area (Å²) < 4.78 is 6.62. The molecule has 0 aromatic carbocycles.